The molecule has 3 N–H and O–H groups in total. The van der Waals surface area contributed by atoms with Crippen molar-refractivity contribution in [3.05, 3.63) is 29.8 Å². The van der Waals surface area contributed by atoms with Gasteiger partial charge in [-0.3, -0.25) is 0 Å². The molecule has 1 fully saturated rings. The third-order valence-corrected chi connectivity index (χ3v) is 4.75. The molecule has 4 heteroatoms. The van der Waals surface area contributed by atoms with Crippen LogP contribution in [0.25, 0.3) is 0 Å². The number of aliphatic hydroxyl groups excluding tert-OH is 1. The van der Waals surface area contributed by atoms with E-state index in [0.717, 1.165) is 12.0 Å². The molecule has 0 bridgehead atoms. The zero-order valence-corrected chi connectivity index (χ0v) is 12.5. The molecule has 0 unspecified atom stereocenters. The van der Waals surface area contributed by atoms with Crippen LogP contribution in [0.15, 0.2) is 24.3 Å². The molecule has 0 saturated heterocycles. The molecular formula is C16H25NO3. The number of rotatable bonds is 6. The number of hydrogen-bond donors (Lipinski definition) is 3. The zero-order valence-electron chi connectivity index (χ0n) is 12.5. The number of phenolic OH excluding ortho intramolecular Hbond substituents is 1. The molecule has 2 atom stereocenters. The van der Waals surface area contributed by atoms with Gasteiger partial charge in [-0.25, -0.2) is 0 Å². The lowest BCUT2D eigenvalue weighted by Crippen LogP contribution is -2.73. The fourth-order valence-electron chi connectivity index (χ4n) is 3.04. The van der Waals surface area contributed by atoms with Crippen LogP contribution in [0.4, 0.5) is 0 Å². The topological polar surface area (TPSA) is 61.7 Å². The maximum absolute atomic E-state index is 9.82. The molecule has 0 heterocycles. The Morgan fingerprint density at radius 1 is 1.40 bits per heavy atom. The van der Waals surface area contributed by atoms with E-state index in [1.807, 2.05) is 19.1 Å². The largest absolute Gasteiger partial charge is 0.508 e. The fourth-order valence-corrected chi connectivity index (χ4v) is 3.04. The van der Waals surface area contributed by atoms with Gasteiger partial charge in [0.05, 0.1) is 18.2 Å². The summed E-state index contributed by atoms with van der Waals surface area (Å²) in [6.45, 7) is 7.65. The van der Waals surface area contributed by atoms with Gasteiger partial charge in [-0.2, -0.15) is 0 Å². The Kier molecular flexibility index (Phi) is 4.37. The van der Waals surface area contributed by atoms with E-state index in [2.05, 4.69) is 19.2 Å². The van der Waals surface area contributed by atoms with Gasteiger partial charge in [-0.05, 0) is 31.0 Å². The number of aromatic hydroxyl groups is 1. The van der Waals surface area contributed by atoms with Gasteiger partial charge >= 0.3 is 0 Å². The van der Waals surface area contributed by atoms with Crippen molar-refractivity contribution in [1.82, 2.24) is 5.32 Å². The van der Waals surface area contributed by atoms with Gasteiger partial charge in [-0.1, -0.05) is 26.0 Å². The van der Waals surface area contributed by atoms with Crippen LogP contribution in [0.2, 0.25) is 0 Å². The summed E-state index contributed by atoms with van der Waals surface area (Å²) >= 11 is 0. The third kappa shape index (κ3) is 2.55. The Hall–Kier alpha value is -1.10. The molecule has 0 radical (unpaired) electrons. The molecular weight excluding hydrogens is 254 g/mol. The highest BCUT2D eigenvalue weighted by Gasteiger charge is 2.60. The van der Waals surface area contributed by atoms with Gasteiger partial charge in [0.25, 0.3) is 0 Å². The number of nitrogens with one attached hydrogen (secondary N) is 1. The van der Waals surface area contributed by atoms with Gasteiger partial charge in [0.1, 0.15) is 5.75 Å². The van der Waals surface area contributed by atoms with Crippen molar-refractivity contribution < 1.29 is 14.9 Å². The van der Waals surface area contributed by atoms with E-state index in [1.54, 1.807) is 12.1 Å². The standard InChI is InChI=1S/C16H25NO3/c1-4-20-14-9-16(11-18,15(14,2)3)17-10-12-6-5-7-13(19)8-12/h5-8,14,17-19H,4,9-11H2,1-3H3/t14-,16-/m1/s1. The van der Waals surface area contributed by atoms with Crippen molar-refractivity contribution in [2.45, 2.75) is 45.4 Å². The monoisotopic (exact) mass is 279 g/mol. The van der Waals surface area contributed by atoms with E-state index in [9.17, 15) is 10.2 Å². The molecule has 1 aliphatic carbocycles. The Balaban J connectivity index is 2.03. The van der Waals surface area contributed by atoms with E-state index in [-0.39, 0.29) is 29.4 Å². The normalized spacial score (nSPS) is 28.1. The van der Waals surface area contributed by atoms with Crippen molar-refractivity contribution in [2.24, 2.45) is 5.41 Å². The number of hydrogen-bond acceptors (Lipinski definition) is 4. The van der Waals surface area contributed by atoms with Gasteiger partial charge in [0, 0.05) is 18.6 Å². The summed E-state index contributed by atoms with van der Waals surface area (Å²) in [5.41, 5.74) is 0.570. The van der Waals surface area contributed by atoms with Gasteiger partial charge in [-0.15, -0.1) is 0 Å². The van der Waals surface area contributed by atoms with E-state index >= 15 is 0 Å². The summed E-state index contributed by atoms with van der Waals surface area (Å²) in [7, 11) is 0. The second kappa shape index (κ2) is 5.72. The smallest absolute Gasteiger partial charge is 0.115 e. The van der Waals surface area contributed by atoms with Crippen LogP contribution in [0.5, 0.6) is 5.75 Å². The quantitative estimate of drug-likeness (QED) is 0.746. The SMILES string of the molecule is CCO[C@@H]1C[C@](CO)(NCc2cccc(O)c2)C1(C)C. The predicted octanol–water partition coefficient (Wildman–Crippen LogP) is 2.05. The highest BCUT2D eigenvalue weighted by Crippen LogP contribution is 2.51. The first-order chi connectivity index (χ1) is 9.45. The molecule has 1 saturated carbocycles. The predicted molar refractivity (Wildman–Crippen MR) is 78.6 cm³/mol. The minimum absolute atomic E-state index is 0.0857. The van der Waals surface area contributed by atoms with E-state index in [4.69, 9.17) is 4.74 Å². The van der Waals surface area contributed by atoms with Gasteiger partial charge < -0.3 is 20.3 Å². The van der Waals surface area contributed by atoms with E-state index in [1.165, 1.54) is 0 Å². The maximum Gasteiger partial charge on any atom is 0.115 e. The zero-order chi connectivity index (χ0) is 14.8. The molecule has 112 valence electrons. The molecule has 0 amide bonds. The van der Waals surface area contributed by atoms with E-state index < -0.39 is 0 Å². The molecule has 0 aliphatic heterocycles. The molecule has 20 heavy (non-hydrogen) atoms. The number of phenols is 1. The summed E-state index contributed by atoms with van der Waals surface area (Å²) in [5, 5.41) is 22.8. The molecule has 1 aliphatic rings. The summed E-state index contributed by atoms with van der Waals surface area (Å²) in [6.07, 6.45) is 0.986. The van der Waals surface area contributed by atoms with Crippen LogP contribution in [0.3, 0.4) is 0 Å². The average molecular weight is 279 g/mol. The second-order valence-corrected chi connectivity index (χ2v) is 6.13. The Bertz CT molecular complexity index is 461. The first-order valence-electron chi connectivity index (χ1n) is 7.20. The Morgan fingerprint density at radius 3 is 2.70 bits per heavy atom. The van der Waals surface area contributed by atoms with Crippen LogP contribution < -0.4 is 5.32 Å². The number of ether oxygens (including phenoxy) is 1. The lowest BCUT2D eigenvalue weighted by atomic mass is 9.54. The van der Waals surface area contributed by atoms with Crippen molar-refractivity contribution in [1.29, 1.82) is 0 Å². The average Bonchev–Trinajstić information content (AvgIpc) is 2.42. The molecule has 0 aromatic heterocycles. The first kappa shape index (κ1) is 15.3. The van der Waals surface area contributed by atoms with Crippen LogP contribution >= 0.6 is 0 Å². The van der Waals surface area contributed by atoms with Crippen molar-refractivity contribution in [2.75, 3.05) is 13.2 Å². The lowest BCUT2D eigenvalue weighted by Gasteiger charge is -2.60. The first-order valence-corrected chi connectivity index (χ1v) is 7.20. The minimum atomic E-state index is -0.321. The van der Waals surface area contributed by atoms with Crippen LogP contribution in [0, 0.1) is 5.41 Å². The summed E-state index contributed by atoms with van der Waals surface area (Å²) in [5.74, 6) is 0.266. The Labute approximate surface area is 120 Å². The maximum atomic E-state index is 9.82. The number of benzene rings is 1. The van der Waals surface area contributed by atoms with E-state index in [0.29, 0.717) is 13.2 Å². The molecule has 0 spiro atoms. The highest BCUT2D eigenvalue weighted by molar-refractivity contribution is 5.27. The fraction of sp³-hybridized carbons (Fsp3) is 0.625. The summed E-state index contributed by atoms with van der Waals surface area (Å²) < 4.78 is 5.73. The number of aliphatic hydroxyl groups is 1. The molecule has 4 nitrogen and oxygen atoms in total. The molecule has 1 aromatic carbocycles. The highest BCUT2D eigenvalue weighted by atomic mass is 16.5. The molecule has 2 rings (SSSR count). The Morgan fingerprint density at radius 2 is 2.15 bits per heavy atom. The second-order valence-electron chi connectivity index (χ2n) is 6.13. The van der Waals surface area contributed by atoms with Crippen molar-refractivity contribution in [3.63, 3.8) is 0 Å². The van der Waals surface area contributed by atoms with Gasteiger partial charge in [0.15, 0.2) is 0 Å². The third-order valence-electron chi connectivity index (χ3n) is 4.75. The minimum Gasteiger partial charge on any atom is -0.508 e. The van der Waals surface area contributed by atoms with Gasteiger partial charge in [0.2, 0.25) is 0 Å². The summed E-state index contributed by atoms with van der Waals surface area (Å²) in [4.78, 5) is 0. The lowest BCUT2D eigenvalue weighted by molar-refractivity contribution is -0.177. The van der Waals surface area contributed by atoms with Crippen molar-refractivity contribution in [3.8, 4) is 5.75 Å². The molecule has 1 aromatic rings. The van der Waals surface area contributed by atoms with Crippen molar-refractivity contribution >= 4 is 0 Å². The van der Waals surface area contributed by atoms with Crippen LogP contribution in [-0.2, 0) is 11.3 Å². The van der Waals surface area contributed by atoms with Crippen LogP contribution in [0.1, 0.15) is 32.8 Å². The van der Waals surface area contributed by atoms with Crippen LogP contribution in [-0.4, -0.2) is 35.1 Å². The summed E-state index contributed by atoms with van der Waals surface area (Å²) in [6, 6.07) is 7.18.